The molecule has 3 unspecified atom stereocenters. The molecule has 0 N–H and O–H groups in total. The lowest BCUT2D eigenvalue weighted by molar-refractivity contribution is 0.263. The number of anilines is 1. The Hall–Kier alpha value is -1.30. The number of nitrogens with zero attached hydrogens (tertiary/aromatic N) is 1. The minimum Gasteiger partial charge on any atom is -0.491 e. The molecule has 0 amide bonds. The van der Waals surface area contributed by atoms with E-state index in [9.17, 15) is 0 Å². The van der Waals surface area contributed by atoms with Crippen molar-refractivity contribution in [1.82, 2.24) is 0 Å². The molecule has 5 heteroatoms. The van der Waals surface area contributed by atoms with Crippen molar-refractivity contribution in [2.45, 2.75) is 31.2 Å². The molecule has 3 fully saturated rings. The molecule has 0 aromatic heterocycles. The molecule has 3 aliphatic rings. The predicted molar refractivity (Wildman–Crippen MR) is 82.6 cm³/mol. The van der Waals surface area contributed by atoms with Crippen molar-refractivity contribution in [2.75, 3.05) is 44.4 Å². The van der Waals surface area contributed by atoms with Crippen molar-refractivity contribution < 1.29 is 18.9 Å². The number of epoxide rings is 3. The maximum absolute atomic E-state index is 5.70. The monoisotopic (exact) mass is 305 g/mol. The van der Waals surface area contributed by atoms with E-state index in [1.165, 1.54) is 5.69 Å². The van der Waals surface area contributed by atoms with Crippen molar-refractivity contribution in [3.05, 3.63) is 24.3 Å². The van der Waals surface area contributed by atoms with Crippen molar-refractivity contribution in [3.63, 3.8) is 0 Å². The summed E-state index contributed by atoms with van der Waals surface area (Å²) in [5.74, 6) is 0.912. The first-order chi connectivity index (χ1) is 10.9. The Morgan fingerprint density at radius 2 is 1.41 bits per heavy atom. The number of hydrogen-bond acceptors (Lipinski definition) is 5. The second-order valence-electron chi connectivity index (χ2n) is 6.24. The minimum atomic E-state index is 0.299. The second-order valence-corrected chi connectivity index (χ2v) is 6.24. The van der Waals surface area contributed by atoms with Gasteiger partial charge in [-0.1, -0.05) is 0 Å². The van der Waals surface area contributed by atoms with Crippen LogP contribution in [0.5, 0.6) is 5.75 Å². The van der Waals surface area contributed by atoms with E-state index >= 15 is 0 Å². The fourth-order valence-electron chi connectivity index (χ4n) is 2.55. The van der Waals surface area contributed by atoms with Gasteiger partial charge >= 0.3 is 0 Å². The highest BCUT2D eigenvalue weighted by Gasteiger charge is 2.26. The van der Waals surface area contributed by atoms with Crippen molar-refractivity contribution >= 4 is 5.69 Å². The summed E-state index contributed by atoms with van der Waals surface area (Å²) >= 11 is 0. The lowest BCUT2D eigenvalue weighted by Crippen LogP contribution is -2.27. The van der Waals surface area contributed by atoms with Crippen LogP contribution in [0.4, 0.5) is 5.69 Å². The molecule has 3 aliphatic heterocycles. The zero-order chi connectivity index (χ0) is 14.8. The molecule has 0 aliphatic carbocycles. The van der Waals surface area contributed by atoms with Gasteiger partial charge in [0.1, 0.15) is 18.5 Å². The molecule has 0 bridgehead atoms. The fraction of sp³-hybridized carbons (Fsp3) is 0.647. The van der Waals surface area contributed by atoms with Gasteiger partial charge in [-0.3, -0.25) is 0 Å². The van der Waals surface area contributed by atoms with Crippen LogP contribution in [0.25, 0.3) is 0 Å². The van der Waals surface area contributed by atoms with Gasteiger partial charge in [0.15, 0.2) is 0 Å². The molecule has 0 spiro atoms. The van der Waals surface area contributed by atoms with Gasteiger partial charge in [-0.25, -0.2) is 0 Å². The summed E-state index contributed by atoms with van der Waals surface area (Å²) in [5.41, 5.74) is 1.25. The lowest BCUT2D eigenvalue weighted by atomic mass is 10.2. The number of ether oxygens (including phenoxy) is 4. The van der Waals surface area contributed by atoms with Gasteiger partial charge in [-0.2, -0.15) is 0 Å². The summed E-state index contributed by atoms with van der Waals surface area (Å²) in [4.78, 5) is 2.43. The maximum atomic E-state index is 5.70. The Morgan fingerprint density at radius 3 is 1.91 bits per heavy atom. The van der Waals surface area contributed by atoms with E-state index < -0.39 is 0 Å². The Kier molecular flexibility index (Phi) is 4.19. The van der Waals surface area contributed by atoms with E-state index in [4.69, 9.17) is 18.9 Å². The molecule has 120 valence electrons. The van der Waals surface area contributed by atoms with Gasteiger partial charge in [0.2, 0.25) is 0 Å². The van der Waals surface area contributed by atoms with Crippen LogP contribution in [-0.4, -0.2) is 57.8 Å². The maximum Gasteiger partial charge on any atom is 0.119 e. The van der Waals surface area contributed by atoms with Gasteiger partial charge in [-0.15, -0.1) is 0 Å². The van der Waals surface area contributed by atoms with Crippen LogP contribution in [0.2, 0.25) is 0 Å². The zero-order valence-electron chi connectivity index (χ0n) is 12.8. The number of hydrogen-bond donors (Lipinski definition) is 0. The summed E-state index contributed by atoms with van der Waals surface area (Å²) < 4.78 is 21.5. The molecule has 1 aromatic carbocycles. The largest absolute Gasteiger partial charge is 0.491 e. The molecular formula is C17H23NO4. The summed E-state index contributed by atoms with van der Waals surface area (Å²) in [6.07, 6.45) is 3.45. The average Bonchev–Trinajstić information content (AvgIpc) is 3.38. The highest BCUT2D eigenvalue weighted by molar-refractivity contribution is 5.49. The van der Waals surface area contributed by atoms with E-state index in [2.05, 4.69) is 17.0 Å². The van der Waals surface area contributed by atoms with Crippen LogP contribution in [0.3, 0.4) is 0 Å². The fourth-order valence-corrected chi connectivity index (χ4v) is 2.55. The first-order valence-corrected chi connectivity index (χ1v) is 8.19. The van der Waals surface area contributed by atoms with Gasteiger partial charge in [0, 0.05) is 18.8 Å². The van der Waals surface area contributed by atoms with Crippen molar-refractivity contribution in [3.8, 4) is 5.75 Å². The van der Waals surface area contributed by atoms with Gasteiger partial charge in [0.25, 0.3) is 0 Å². The van der Waals surface area contributed by atoms with Crippen LogP contribution in [0, 0.1) is 0 Å². The smallest absolute Gasteiger partial charge is 0.119 e. The standard InChI is InChI=1S/C17H23NO4/c1-3-14(19-11-17-12-22-17)4-2-13(1)18(7-5-15-9-20-15)8-6-16-10-21-16/h1-4,15-17H,5-12H2. The lowest BCUT2D eigenvalue weighted by Gasteiger charge is -2.24. The molecule has 0 radical (unpaired) electrons. The van der Waals surface area contributed by atoms with E-state index in [1.807, 2.05) is 12.1 Å². The van der Waals surface area contributed by atoms with Crippen molar-refractivity contribution in [1.29, 1.82) is 0 Å². The van der Waals surface area contributed by atoms with Crippen molar-refractivity contribution in [2.24, 2.45) is 0 Å². The predicted octanol–water partition coefficient (Wildman–Crippen LogP) is 1.85. The Balaban J connectivity index is 1.32. The average molecular weight is 305 g/mol. The normalized spacial score (nSPS) is 28.3. The van der Waals surface area contributed by atoms with Gasteiger partial charge < -0.3 is 23.8 Å². The summed E-state index contributed by atoms with van der Waals surface area (Å²) in [7, 11) is 0. The third kappa shape index (κ3) is 4.35. The molecule has 3 heterocycles. The number of benzene rings is 1. The van der Waals surface area contributed by atoms with Crippen LogP contribution in [0.1, 0.15) is 12.8 Å². The summed E-state index contributed by atoms with van der Waals surface area (Å²) in [6.45, 7) is 5.41. The summed E-state index contributed by atoms with van der Waals surface area (Å²) in [5, 5.41) is 0. The molecule has 0 saturated carbocycles. The van der Waals surface area contributed by atoms with Crippen LogP contribution < -0.4 is 9.64 Å². The van der Waals surface area contributed by atoms with E-state index in [-0.39, 0.29) is 0 Å². The zero-order valence-corrected chi connectivity index (χ0v) is 12.8. The molecule has 22 heavy (non-hydrogen) atoms. The molecule has 5 nitrogen and oxygen atoms in total. The first kappa shape index (κ1) is 14.3. The Labute approximate surface area is 131 Å². The summed E-state index contributed by atoms with van der Waals surface area (Å²) in [6, 6.07) is 8.38. The van der Waals surface area contributed by atoms with E-state index in [0.29, 0.717) is 24.9 Å². The topological polar surface area (TPSA) is 50.1 Å². The van der Waals surface area contributed by atoms with E-state index in [1.54, 1.807) is 0 Å². The van der Waals surface area contributed by atoms with Crippen LogP contribution in [0.15, 0.2) is 24.3 Å². The van der Waals surface area contributed by atoms with Crippen LogP contribution in [-0.2, 0) is 14.2 Å². The Bertz CT molecular complexity index is 464. The highest BCUT2D eigenvalue weighted by atomic mass is 16.6. The SMILES string of the molecule is c1cc(N(CCC2CO2)CCC2CO2)ccc1OCC1CO1. The first-order valence-electron chi connectivity index (χ1n) is 8.19. The second kappa shape index (κ2) is 6.44. The molecule has 4 rings (SSSR count). The third-order valence-electron chi connectivity index (χ3n) is 4.29. The molecular weight excluding hydrogens is 282 g/mol. The molecule has 3 saturated heterocycles. The van der Waals surface area contributed by atoms with Gasteiger partial charge in [0.05, 0.1) is 32.0 Å². The third-order valence-corrected chi connectivity index (χ3v) is 4.29. The van der Waals surface area contributed by atoms with E-state index in [0.717, 1.165) is 51.5 Å². The minimum absolute atomic E-state index is 0.299. The number of rotatable bonds is 10. The van der Waals surface area contributed by atoms with Gasteiger partial charge in [-0.05, 0) is 37.1 Å². The Morgan fingerprint density at radius 1 is 0.864 bits per heavy atom. The molecule has 1 aromatic rings. The molecule has 3 atom stereocenters. The quantitative estimate of drug-likeness (QED) is 0.618. The highest BCUT2D eigenvalue weighted by Crippen LogP contribution is 2.24. The van der Waals surface area contributed by atoms with Crippen LogP contribution >= 0.6 is 0 Å².